The van der Waals surface area contributed by atoms with Crippen molar-refractivity contribution >= 4 is 11.9 Å². The molecule has 7 nitrogen and oxygen atoms in total. The lowest BCUT2D eigenvalue weighted by Crippen LogP contribution is -2.45. The van der Waals surface area contributed by atoms with Crippen molar-refractivity contribution in [2.45, 2.75) is 78.0 Å². The Hall–Kier alpha value is -2.54. The van der Waals surface area contributed by atoms with Gasteiger partial charge in [-0.2, -0.15) is 0 Å². The van der Waals surface area contributed by atoms with E-state index in [0.29, 0.717) is 42.7 Å². The molecule has 0 spiro atoms. The number of methoxy groups -OCH3 is 1. The highest BCUT2D eigenvalue weighted by molar-refractivity contribution is 5.98. The summed E-state index contributed by atoms with van der Waals surface area (Å²) in [6.07, 6.45) is 5.04. The van der Waals surface area contributed by atoms with Gasteiger partial charge in [0, 0.05) is 30.2 Å². The minimum Gasteiger partial charge on any atom is -0.507 e. The molecular formula is C24H33NO6. The van der Waals surface area contributed by atoms with Gasteiger partial charge in [-0.05, 0) is 58.9 Å². The van der Waals surface area contributed by atoms with Crippen LogP contribution in [0.25, 0.3) is 0 Å². The number of benzene rings is 1. The number of phenolic OH excluding ortho intramolecular Hbond substituents is 1. The molecule has 2 aliphatic heterocycles. The zero-order valence-corrected chi connectivity index (χ0v) is 19.1. The summed E-state index contributed by atoms with van der Waals surface area (Å²) < 4.78 is 16.3. The van der Waals surface area contributed by atoms with Gasteiger partial charge in [-0.15, -0.1) is 0 Å². The highest BCUT2D eigenvalue weighted by atomic mass is 16.5. The molecule has 7 heteroatoms. The number of hydrogen-bond donors (Lipinski definition) is 2. The Kier molecular flexibility index (Phi) is 6.94. The fourth-order valence-corrected chi connectivity index (χ4v) is 4.37. The van der Waals surface area contributed by atoms with Crippen LogP contribution in [-0.4, -0.2) is 42.3 Å². The predicted molar refractivity (Wildman–Crippen MR) is 116 cm³/mol. The number of ether oxygens (including phenoxy) is 3. The van der Waals surface area contributed by atoms with Gasteiger partial charge in [0.05, 0.1) is 12.7 Å². The molecular weight excluding hydrogens is 398 g/mol. The first kappa shape index (κ1) is 23.1. The molecule has 0 radical (unpaired) electrons. The summed E-state index contributed by atoms with van der Waals surface area (Å²) in [5.74, 6) is 0.0162. The third-order valence-electron chi connectivity index (χ3n) is 6.11. The largest absolute Gasteiger partial charge is 0.507 e. The maximum Gasteiger partial charge on any atom is 0.342 e. The van der Waals surface area contributed by atoms with E-state index in [1.165, 1.54) is 0 Å². The topological polar surface area (TPSA) is 94.1 Å². The van der Waals surface area contributed by atoms with E-state index >= 15 is 0 Å². The monoisotopic (exact) mass is 431 g/mol. The van der Waals surface area contributed by atoms with Crippen molar-refractivity contribution < 1.29 is 28.9 Å². The SMILES string of the molecule is COc1c(C)c2c(c(O)c1C/C=C(\C)CCC(=O)N[C@@H]1CCOC(C)(C)C1)C(=O)OC2. The zero-order chi connectivity index (χ0) is 22.8. The van der Waals surface area contributed by atoms with Gasteiger partial charge in [0.25, 0.3) is 0 Å². The van der Waals surface area contributed by atoms with E-state index in [2.05, 4.69) is 5.32 Å². The molecule has 1 aromatic rings. The first-order valence-electron chi connectivity index (χ1n) is 10.8. The normalized spacial score (nSPS) is 20.2. The lowest BCUT2D eigenvalue weighted by atomic mass is 9.93. The van der Waals surface area contributed by atoms with Gasteiger partial charge in [0.2, 0.25) is 5.91 Å². The maximum absolute atomic E-state index is 12.4. The van der Waals surface area contributed by atoms with Crippen molar-refractivity contribution in [3.63, 3.8) is 0 Å². The number of hydrogen-bond acceptors (Lipinski definition) is 6. The minimum atomic E-state index is -0.506. The van der Waals surface area contributed by atoms with Crippen LogP contribution in [0.4, 0.5) is 0 Å². The summed E-state index contributed by atoms with van der Waals surface area (Å²) in [6, 6.07) is 0.149. The van der Waals surface area contributed by atoms with Crippen LogP contribution < -0.4 is 10.1 Å². The van der Waals surface area contributed by atoms with E-state index in [-0.39, 0.29) is 35.5 Å². The summed E-state index contributed by atoms with van der Waals surface area (Å²) in [7, 11) is 1.55. The van der Waals surface area contributed by atoms with Crippen LogP contribution in [-0.2, 0) is 27.3 Å². The van der Waals surface area contributed by atoms with Crippen molar-refractivity contribution in [1.82, 2.24) is 5.32 Å². The Morgan fingerprint density at radius 1 is 1.35 bits per heavy atom. The number of fused-ring (bicyclic) bond motifs is 1. The molecule has 1 fully saturated rings. The Bertz CT molecular complexity index is 902. The smallest absolute Gasteiger partial charge is 0.342 e. The molecule has 0 aromatic heterocycles. The van der Waals surface area contributed by atoms with Crippen molar-refractivity contribution in [3.8, 4) is 11.5 Å². The molecule has 1 amide bonds. The van der Waals surface area contributed by atoms with Crippen LogP contribution in [0.1, 0.15) is 73.5 Å². The van der Waals surface area contributed by atoms with Gasteiger partial charge in [-0.25, -0.2) is 4.79 Å². The molecule has 31 heavy (non-hydrogen) atoms. The van der Waals surface area contributed by atoms with Gasteiger partial charge in [0.1, 0.15) is 23.7 Å². The second kappa shape index (κ2) is 9.30. The van der Waals surface area contributed by atoms with E-state index in [1.807, 2.05) is 33.8 Å². The minimum absolute atomic E-state index is 0.0343. The number of allylic oxidation sites excluding steroid dienone is 2. The van der Waals surface area contributed by atoms with Gasteiger partial charge in [-0.3, -0.25) is 4.79 Å². The standard InChI is InChI=1S/C24H33NO6/c1-14(7-9-19(26)25-16-10-11-31-24(3,4)12-16)6-8-17-21(27)20-18(13-30-23(20)28)15(2)22(17)29-5/h6,16,27H,7-13H2,1-5H3,(H,25,26)/b14-6+/t16-/m1/s1. The van der Waals surface area contributed by atoms with Crippen LogP contribution in [0, 0.1) is 6.92 Å². The fraction of sp³-hybridized carbons (Fsp3) is 0.583. The van der Waals surface area contributed by atoms with Gasteiger partial charge in [-0.1, -0.05) is 11.6 Å². The molecule has 0 bridgehead atoms. The van der Waals surface area contributed by atoms with Crippen LogP contribution in [0.5, 0.6) is 11.5 Å². The van der Waals surface area contributed by atoms with Crippen molar-refractivity contribution in [3.05, 3.63) is 33.9 Å². The predicted octanol–water partition coefficient (Wildman–Crippen LogP) is 3.72. The lowest BCUT2D eigenvalue weighted by molar-refractivity contribution is -0.124. The molecule has 3 rings (SSSR count). The van der Waals surface area contributed by atoms with Crippen LogP contribution in [0.3, 0.4) is 0 Å². The highest BCUT2D eigenvalue weighted by Gasteiger charge is 2.32. The summed E-state index contributed by atoms with van der Waals surface area (Å²) in [6.45, 7) is 8.73. The number of esters is 1. The van der Waals surface area contributed by atoms with E-state index in [9.17, 15) is 14.7 Å². The lowest BCUT2D eigenvalue weighted by Gasteiger charge is -2.35. The second-order valence-corrected chi connectivity index (χ2v) is 9.04. The quantitative estimate of drug-likeness (QED) is 0.505. The molecule has 2 aliphatic rings. The molecule has 170 valence electrons. The van der Waals surface area contributed by atoms with E-state index < -0.39 is 5.97 Å². The van der Waals surface area contributed by atoms with Crippen LogP contribution in [0.15, 0.2) is 11.6 Å². The van der Waals surface area contributed by atoms with E-state index in [4.69, 9.17) is 14.2 Å². The van der Waals surface area contributed by atoms with Gasteiger partial charge in [0.15, 0.2) is 0 Å². The molecule has 1 aromatic carbocycles. The van der Waals surface area contributed by atoms with Crippen molar-refractivity contribution in [2.24, 2.45) is 0 Å². The number of amides is 1. The fourth-order valence-electron chi connectivity index (χ4n) is 4.37. The third-order valence-corrected chi connectivity index (χ3v) is 6.11. The zero-order valence-electron chi connectivity index (χ0n) is 19.1. The second-order valence-electron chi connectivity index (χ2n) is 9.04. The summed E-state index contributed by atoms with van der Waals surface area (Å²) in [5.41, 5.74) is 3.11. The number of rotatable bonds is 7. The number of nitrogens with one attached hydrogen (secondary N) is 1. The average molecular weight is 432 g/mol. The molecule has 1 saturated heterocycles. The first-order valence-corrected chi connectivity index (χ1v) is 10.8. The third kappa shape index (κ3) is 5.21. The van der Waals surface area contributed by atoms with Crippen molar-refractivity contribution in [2.75, 3.05) is 13.7 Å². The van der Waals surface area contributed by atoms with Crippen LogP contribution in [0.2, 0.25) is 0 Å². The maximum atomic E-state index is 12.4. The van der Waals surface area contributed by atoms with Crippen LogP contribution >= 0.6 is 0 Å². The molecule has 0 aliphatic carbocycles. The molecule has 0 saturated carbocycles. The van der Waals surface area contributed by atoms with Gasteiger partial charge < -0.3 is 24.6 Å². The molecule has 2 heterocycles. The molecule has 0 unspecified atom stereocenters. The highest BCUT2D eigenvalue weighted by Crippen LogP contribution is 2.42. The summed E-state index contributed by atoms with van der Waals surface area (Å²) in [5, 5.41) is 13.8. The van der Waals surface area contributed by atoms with E-state index in [0.717, 1.165) is 24.0 Å². The number of aromatic hydroxyl groups is 1. The van der Waals surface area contributed by atoms with Crippen molar-refractivity contribution in [1.29, 1.82) is 0 Å². The first-order chi connectivity index (χ1) is 14.6. The number of phenols is 1. The summed E-state index contributed by atoms with van der Waals surface area (Å²) in [4.78, 5) is 24.4. The molecule has 2 N–H and O–H groups in total. The molecule has 1 atom stereocenters. The van der Waals surface area contributed by atoms with E-state index in [1.54, 1.807) is 7.11 Å². The number of carbonyl (C=O) groups excluding carboxylic acids is 2. The Morgan fingerprint density at radius 2 is 2.10 bits per heavy atom. The Balaban J connectivity index is 1.62. The summed E-state index contributed by atoms with van der Waals surface area (Å²) >= 11 is 0. The van der Waals surface area contributed by atoms with Gasteiger partial charge >= 0.3 is 5.97 Å². The number of carbonyl (C=O) groups is 2. The average Bonchev–Trinajstić information content (AvgIpc) is 3.09. The number of cyclic esters (lactones) is 1. The Morgan fingerprint density at radius 3 is 2.77 bits per heavy atom. The Labute approximate surface area is 183 Å².